The highest BCUT2D eigenvalue weighted by Crippen LogP contribution is 2.25. The van der Waals surface area contributed by atoms with Gasteiger partial charge in [0.2, 0.25) is 0 Å². The smallest absolute Gasteiger partial charge is 0.185 e. The van der Waals surface area contributed by atoms with Crippen molar-refractivity contribution >= 4 is 39.8 Å². The van der Waals surface area contributed by atoms with Crippen molar-refractivity contribution in [1.29, 1.82) is 5.26 Å². The van der Waals surface area contributed by atoms with Crippen molar-refractivity contribution in [2.45, 2.75) is 18.6 Å². The Hall–Kier alpha value is -0.440. The maximum absolute atomic E-state index is 8.69. The van der Waals surface area contributed by atoms with Gasteiger partial charge < -0.3 is 5.32 Å². The van der Waals surface area contributed by atoms with Gasteiger partial charge in [-0.3, -0.25) is 0 Å². The molecule has 1 aromatic rings. The molecular formula is C9H12ClN3S2. The maximum Gasteiger partial charge on any atom is 0.185 e. The van der Waals surface area contributed by atoms with Crippen LogP contribution in [0.5, 0.6) is 0 Å². The van der Waals surface area contributed by atoms with Crippen LogP contribution >= 0.6 is 34.7 Å². The van der Waals surface area contributed by atoms with Crippen molar-refractivity contribution in [1.82, 2.24) is 4.98 Å². The van der Waals surface area contributed by atoms with Crippen LogP contribution < -0.4 is 5.32 Å². The van der Waals surface area contributed by atoms with E-state index in [9.17, 15) is 0 Å². The summed E-state index contributed by atoms with van der Waals surface area (Å²) in [6, 6.07) is 2.01. The number of anilines is 1. The fourth-order valence-electron chi connectivity index (χ4n) is 0.946. The monoisotopic (exact) mass is 261 g/mol. The Morgan fingerprint density at radius 2 is 2.47 bits per heavy atom. The standard InChI is InChI=1S/C9H12ClN3S2/c1-6(14-2)3-4-12-9-13-8(10)7(5-11)15-9/h6H,3-4H2,1-2H3,(H,12,13). The number of nitrogens with one attached hydrogen (secondary N) is 1. The van der Waals surface area contributed by atoms with Gasteiger partial charge in [0.1, 0.15) is 10.9 Å². The lowest BCUT2D eigenvalue weighted by molar-refractivity contribution is 0.853. The van der Waals surface area contributed by atoms with Gasteiger partial charge in [-0.05, 0) is 12.7 Å². The predicted octanol–water partition coefficient (Wildman–Crippen LogP) is 3.22. The van der Waals surface area contributed by atoms with Gasteiger partial charge in [-0.15, -0.1) is 0 Å². The maximum atomic E-state index is 8.69. The van der Waals surface area contributed by atoms with E-state index in [-0.39, 0.29) is 0 Å². The molecule has 1 N–H and O–H groups in total. The molecule has 82 valence electrons. The molecule has 1 aromatic heterocycles. The van der Waals surface area contributed by atoms with Crippen LogP contribution in [-0.4, -0.2) is 23.0 Å². The van der Waals surface area contributed by atoms with E-state index < -0.39 is 0 Å². The first-order valence-corrected chi connectivity index (χ1v) is 6.98. The van der Waals surface area contributed by atoms with Crippen LogP contribution in [-0.2, 0) is 0 Å². The summed E-state index contributed by atoms with van der Waals surface area (Å²) >= 11 is 8.88. The zero-order valence-corrected chi connectivity index (χ0v) is 11.0. The molecule has 1 unspecified atom stereocenters. The Kier molecular flexibility index (Phi) is 5.23. The fraction of sp³-hybridized carbons (Fsp3) is 0.556. The summed E-state index contributed by atoms with van der Waals surface area (Å²) in [4.78, 5) is 4.52. The minimum Gasteiger partial charge on any atom is -0.361 e. The zero-order valence-electron chi connectivity index (χ0n) is 8.58. The van der Waals surface area contributed by atoms with Crippen LogP contribution in [0.2, 0.25) is 5.15 Å². The quantitative estimate of drug-likeness (QED) is 0.884. The van der Waals surface area contributed by atoms with Gasteiger partial charge in [-0.1, -0.05) is 29.9 Å². The van der Waals surface area contributed by atoms with E-state index in [1.165, 1.54) is 11.3 Å². The van der Waals surface area contributed by atoms with Gasteiger partial charge in [0.05, 0.1) is 0 Å². The third kappa shape index (κ3) is 3.90. The molecule has 0 aliphatic carbocycles. The molecular weight excluding hydrogens is 250 g/mol. The molecule has 0 fully saturated rings. The van der Waals surface area contributed by atoms with E-state index in [4.69, 9.17) is 16.9 Å². The average Bonchev–Trinajstić information content (AvgIpc) is 2.58. The van der Waals surface area contributed by atoms with Gasteiger partial charge in [-0.2, -0.15) is 17.0 Å². The molecule has 1 rings (SSSR count). The second-order valence-electron chi connectivity index (χ2n) is 3.01. The molecule has 0 amide bonds. The number of hydrogen-bond donors (Lipinski definition) is 1. The van der Waals surface area contributed by atoms with Crippen molar-refractivity contribution < 1.29 is 0 Å². The molecule has 0 saturated heterocycles. The highest BCUT2D eigenvalue weighted by molar-refractivity contribution is 7.99. The topological polar surface area (TPSA) is 48.7 Å². The highest BCUT2D eigenvalue weighted by Gasteiger charge is 2.08. The van der Waals surface area contributed by atoms with E-state index >= 15 is 0 Å². The van der Waals surface area contributed by atoms with E-state index in [1.54, 1.807) is 0 Å². The van der Waals surface area contributed by atoms with Crippen molar-refractivity contribution in [3.63, 3.8) is 0 Å². The lowest BCUT2D eigenvalue weighted by Crippen LogP contribution is -2.07. The SMILES string of the molecule is CSC(C)CCNc1nc(Cl)c(C#N)s1. The number of aromatic nitrogens is 1. The van der Waals surface area contributed by atoms with Crippen molar-refractivity contribution in [2.75, 3.05) is 18.1 Å². The summed E-state index contributed by atoms with van der Waals surface area (Å²) in [5.74, 6) is 0. The minimum absolute atomic E-state index is 0.294. The summed E-state index contributed by atoms with van der Waals surface area (Å²) in [6.07, 6.45) is 3.17. The largest absolute Gasteiger partial charge is 0.361 e. The first kappa shape index (κ1) is 12.6. The number of halogens is 1. The molecule has 0 radical (unpaired) electrons. The van der Waals surface area contributed by atoms with E-state index in [0.717, 1.165) is 18.1 Å². The number of thiazole rings is 1. The molecule has 0 bridgehead atoms. The van der Waals surface area contributed by atoms with Gasteiger partial charge in [0, 0.05) is 11.8 Å². The van der Waals surface area contributed by atoms with Crippen molar-refractivity contribution in [3.8, 4) is 6.07 Å². The Morgan fingerprint density at radius 3 is 3.00 bits per heavy atom. The Balaban J connectivity index is 2.42. The lowest BCUT2D eigenvalue weighted by atomic mass is 10.3. The van der Waals surface area contributed by atoms with Crippen LogP contribution in [0.1, 0.15) is 18.2 Å². The van der Waals surface area contributed by atoms with Crippen LogP contribution in [0.4, 0.5) is 5.13 Å². The molecule has 0 spiro atoms. The van der Waals surface area contributed by atoms with Gasteiger partial charge in [0.15, 0.2) is 10.3 Å². The molecule has 15 heavy (non-hydrogen) atoms. The molecule has 3 nitrogen and oxygen atoms in total. The molecule has 1 atom stereocenters. The van der Waals surface area contributed by atoms with Crippen LogP contribution in [0.25, 0.3) is 0 Å². The van der Waals surface area contributed by atoms with Crippen molar-refractivity contribution in [3.05, 3.63) is 10.0 Å². The second-order valence-corrected chi connectivity index (χ2v) is 5.65. The normalized spacial score (nSPS) is 12.1. The van der Waals surface area contributed by atoms with Crippen molar-refractivity contribution in [2.24, 2.45) is 0 Å². The number of rotatable bonds is 5. The molecule has 0 aliphatic heterocycles. The fourth-order valence-corrected chi connectivity index (χ4v) is 2.27. The first-order chi connectivity index (χ1) is 7.17. The number of nitrogens with zero attached hydrogens (tertiary/aromatic N) is 2. The van der Waals surface area contributed by atoms with E-state index in [2.05, 4.69) is 23.5 Å². The third-order valence-corrected chi connectivity index (χ3v) is 4.26. The average molecular weight is 262 g/mol. The minimum atomic E-state index is 0.294. The molecule has 0 saturated carbocycles. The van der Waals surface area contributed by atoms with Gasteiger partial charge in [-0.25, -0.2) is 4.98 Å². The number of hydrogen-bond acceptors (Lipinski definition) is 5. The summed E-state index contributed by atoms with van der Waals surface area (Å²) in [5, 5.41) is 13.5. The number of nitriles is 1. The summed E-state index contributed by atoms with van der Waals surface area (Å²) in [5.41, 5.74) is 0. The summed E-state index contributed by atoms with van der Waals surface area (Å²) in [7, 11) is 0. The second kappa shape index (κ2) is 6.21. The Labute approximate surface area is 103 Å². The third-order valence-electron chi connectivity index (χ3n) is 1.92. The summed E-state index contributed by atoms with van der Waals surface area (Å²) < 4.78 is 0. The predicted molar refractivity (Wildman–Crippen MR) is 67.9 cm³/mol. The molecule has 1 heterocycles. The highest BCUT2D eigenvalue weighted by atomic mass is 35.5. The molecule has 0 aromatic carbocycles. The Bertz CT molecular complexity index is 359. The number of thioether (sulfide) groups is 1. The Morgan fingerprint density at radius 1 is 1.73 bits per heavy atom. The van der Waals surface area contributed by atoms with Gasteiger partial charge >= 0.3 is 0 Å². The van der Waals surface area contributed by atoms with Gasteiger partial charge in [0.25, 0.3) is 0 Å². The molecule has 0 aliphatic rings. The van der Waals surface area contributed by atoms with E-state index in [0.29, 0.717) is 15.3 Å². The van der Waals surface area contributed by atoms with Crippen LogP contribution in [0.15, 0.2) is 0 Å². The van der Waals surface area contributed by atoms with Crippen LogP contribution in [0, 0.1) is 11.3 Å². The first-order valence-electron chi connectivity index (χ1n) is 4.50. The summed E-state index contributed by atoms with van der Waals surface area (Å²) in [6.45, 7) is 3.04. The van der Waals surface area contributed by atoms with Crippen LogP contribution in [0.3, 0.4) is 0 Å². The lowest BCUT2D eigenvalue weighted by Gasteiger charge is -2.07. The molecule has 6 heteroatoms. The zero-order chi connectivity index (χ0) is 11.3. The van der Waals surface area contributed by atoms with E-state index in [1.807, 2.05) is 17.8 Å².